The quantitative estimate of drug-likeness (QED) is 0.824. The minimum Gasteiger partial charge on any atom is -0.444 e. The number of anilines is 1. The number of ether oxygens (including phenoxy) is 1. The first kappa shape index (κ1) is 17.9. The fraction of sp³-hybridized carbons (Fsp3) is 0.611. The van der Waals surface area contributed by atoms with Crippen LogP contribution in [-0.4, -0.2) is 23.8 Å². The Balaban J connectivity index is 1.77. The molecule has 1 aromatic rings. The van der Waals surface area contributed by atoms with Crippen LogP contribution < -0.4 is 10.6 Å². The van der Waals surface area contributed by atoms with Crippen LogP contribution in [0.1, 0.15) is 52.0 Å². The molecule has 1 aromatic carbocycles. The van der Waals surface area contributed by atoms with E-state index in [-0.39, 0.29) is 12.1 Å². The molecule has 1 aliphatic rings. The third kappa shape index (κ3) is 5.94. The van der Waals surface area contributed by atoms with E-state index in [0.29, 0.717) is 6.04 Å². The molecule has 0 atom stereocenters. The molecular formula is C18H27ClN2O2. The maximum atomic E-state index is 11.8. The molecule has 2 rings (SSSR count). The van der Waals surface area contributed by atoms with Gasteiger partial charge >= 0.3 is 6.09 Å². The lowest BCUT2D eigenvalue weighted by Gasteiger charge is -2.31. The summed E-state index contributed by atoms with van der Waals surface area (Å²) in [5, 5.41) is 7.32. The van der Waals surface area contributed by atoms with Crippen LogP contribution in [0.25, 0.3) is 0 Å². The normalized spacial score (nSPS) is 21.6. The van der Waals surface area contributed by atoms with Crippen LogP contribution in [0.3, 0.4) is 0 Å². The molecule has 4 nitrogen and oxygen atoms in total. The number of carbonyl (C=O) groups excluding carboxylic acids is 1. The van der Waals surface area contributed by atoms with Crippen molar-refractivity contribution in [2.75, 3.05) is 5.32 Å². The van der Waals surface area contributed by atoms with Crippen molar-refractivity contribution in [3.63, 3.8) is 0 Å². The molecule has 1 aliphatic carbocycles. The summed E-state index contributed by atoms with van der Waals surface area (Å²) in [6.07, 6.45) is 3.67. The number of benzene rings is 1. The molecule has 1 saturated carbocycles. The molecular weight excluding hydrogens is 312 g/mol. The standard InChI is InChI=1S/C18H27ClN2O2/c1-12-11-15(9-10-16(12)19)20-13-5-7-14(8-6-13)21-17(22)23-18(2,3)4/h9-11,13-14,20H,5-8H2,1-4H3,(H,21,22). The molecule has 0 spiro atoms. The van der Waals surface area contributed by atoms with Crippen LogP contribution in [0, 0.1) is 6.92 Å². The third-order valence-corrected chi connectivity index (χ3v) is 4.40. The first-order valence-corrected chi connectivity index (χ1v) is 8.63. The second kappa shape index (κ2) is 7.43. The Hall–Kier alpha value is -1.42. The van der Waals surface area contributed by atoms with E-state index in [4.69, 9.17) is 16.3 Å². The molecule has 0 unspecified atom stereocenters. The lowest BCUT2D eigenvalue weighted by molar-refractivity contribution is 0.0492. The zero-order chi connectivity index (χ0) is 17.0. The number of halogens is 1. The lowest BCUT2D eigenvalue weighted by Crippen LogP contribution is -2.42. The van der Waals surface area contributed by atoms with Gasteiger partial charge in [0, 0.05) is 22.8 Å². The van der Waals surface area contributed by atoms with E-state index < -0.39 is 5.60 Å². The summed E-state index contributed by atoms with van der Waals surface area (Å²) in [4.78, 5) is 11.8. The predicted molar refractivity (Wildman–Crippen MR) is 95.2 cm³/mol. The SMILES string of the molecule is Cc1cc(NC2CCC(NC(=O)OC(C)(C)C)CC2)ccc1Cl. The summed E-state index contributed by atoms with van der Waals surface area (Å²) >= 11 is 6.06. The fourth-order valence-corrected chi connectivity index (χ4v) is 2.94. The Morgan fingerprint density at radius 1 is 1.17 bits per heavy atom. The molecule has 0 aromatic heterocycles. The fourth-order valence-electron chi connectivity index (χ4n) is 2.83. The molecule has 128 valence electrons. The van der Waals surface area contributed by atoms with Crippen molar-refractivity contribution in [2.24, 2.45) is 0 Å². The number of hydrogen-bond acceptors (Lipinski definition) is 3. The molecule has 0 bridgehead atoms. The van der Waals surface area contributed by atoms with Gasteiger partial charge in [0.15, 0.2) is 0 Å². The molecule has 23 heavy (non-hydrogen) atoms. The molecule has 0 aliphatic heterocycles. The maximum Gasteiger partial charge on any atom is 0.407 e. The van der Waals surface area contributed by atoms with Gasteiger partial charge in [-0.05, 0) is 77.1 Å². The van der Waals surface area contributed by atoms with Gasteiger partial charge in [0.25, 0.3) is 0 Å². The average Bonchev–Trinajstić information content (AvgIpc) is 2.43. The highest BCUT2D eigenvalue weighted by atomic mass is 35.5. The molecule has 0 saturated heterocycles. The largest absolute Gasteiger partial charge is 0.444 e. The maximum absolute atomic E-state index is 11.8. The lowest BCUT2D eigenvalue weighted by atomic mass is 9.91. The Morgan fingerprint density at radius 2 is 1.78 bits per heavy atom. The number of alkyl carbamates (subject to hydrolysis) is 1. The van der Waals surface area contributed by atoms with Crippen LogP contribution in [0.15, 0.2) is 18.2 Å². The zero-order valence-electron chi connectivity index (χ0n) is 14.4. The molecule has 0 radical (unpaired) electrons. The van der Waals surface area contributed by atoms with Crippen molar-refractivity contribution >= 4 is 23.4 Å². The van der Waals surface area contributed by atoms with E-state index in [0.717, 1.165) is 42.0 Å². The number of rotatable bonds is 3. The molecule has 0 heterocycles. The molecule has 2 N–H and O–H groups in total. The topological polar surface area (TPSA) is 50.4 Å². The third-order valence-electron chi connectivity index (χ3n) is 3.98. The number of hydrogen-bond donors (Lipinski definition) is 2. The van der Waals surface area contributed by atoms with Crippen LogP contribution in [0.4, 0.5) is 10.5 Å². The molecule has 1 amide bonds. The Bertz CT molecular complexity index is 546. The van der Waals surface area contributed by atoms with Crippen molar-refractivity contribution in [3.05, 3.63) is 28.8 Å². The summed E-state index contributed by atoms with van der Waals surface area (Å²) in [6, 6.07) is 6.66. The van der Waals surface area contributed by atoms with Crippen molar-refractivity contribution in [3.8, 4) is 0 Å². The van der Waals surface area contributed by atoms with E-state index in [1.807, 2.05) is 39.8 Å². The Morgan fingerprint density at radius 3 is 2.35 bits per heavy atom. The molecule has 1 fully saturated rings. The first-order valence-electron chi connectivity index (χ1n) is 8.25. The highest BCUT2D eigenvalue weighted by Gasteiger charge is 2.24. The number of carbonyl (C=O) groups is 1. The van der Waals surface area contributed by atoms with Crippen LogP contribution >= 0.6 is 11.6 Å². The predicted octanol–water partition coefficient (Wildman–Crippen LogP) is 4.90. The van der Waals surface area contributed by atoms with Gasteiger partial charge in [-0.3, -0.25) is 0 Å². The van der Waals surface area contributed by atoms with Gasteiger partial charge in [0.2, 0.25) is 0 Å². The van der Waals surface area contributed by atoms with Gasteiger partial charge in [-0.2, -0.15) is 0 Å². The van der Waals surface area contributed by atoms with Gasteiger partial charge in [-0.15, -0.1) is 0 Å². The number of amides is 1. The van der Waals surface area contributed by atoms with Crippen molar-refractivity contribution in [1.82, 2.24) is 5.32 Å². The van der Waals surface area contributed by atoms with E-state index in [1.54, 1.807) is 0 Å². The zero-order valence-corrected chi connectivity index (χ0v) is 15.2. The summed E-state index contributed by atoms with van der Waals surface area (Å²) in [6.45, 7) is 7.64. The van der Waals surface area contributed by atoms with E-state index in [9.17, 15) is 4.79 Å². The van der Waals surface area contributed by atoms with E-state index >= 15 is 0 Å². The van der Waals surface area contributed by atoms with Crippen LogP contribution in [-0.2, 0) is 4.74 Å². The smallest absolute Gasteiger partial charge is 0.407 e. The minimum atomic E-state index is -0.449. The Labute approximate surface area is 143 Å². The highest BCUT2D eigenvalue weighted by molar-refractivity contribution is 6.31. The van der Waals surface area contributed by atoms with E-state index in [1.165, 1.54) is 0 Å². The van der Waals surface area contributed by atoms with Gasteiger partial charge in [-0.25, -0.2) is 4.79 Å². The van der Waals surface area contributed by atoms with Crippen molar-refractivity contribution in [1.29, 1.82) is 0 Å². The van der Waals surface area contributed by atoms with Gasteiger partial charge in [0.05, 0.1) is 0 Å². The first-order chi connectivity index (χ1) is 10.7. The van der Waals surface area contributed by atoms with Crippen molar-refractivity contribution < 1.29 is 9.53 Å². The summed E-state index contributed by atoms with van der Waals surface area (Å²) in [5.74, 6) is 0. The minimum absolute atomic E-state index is 0.204. The second-order valence-corrected chi connectivity index (χ2v) is 7.71. The monoisotopic (exact) mass is 338 g/mol. The number of aryl methyl sites for hydroxylation is 1. The summed E-state index contributed by atoms with van der Waals surface area (Å²) < 4.78 is 5.31. The van der Waals surface area contributed by atoms with Gasteiger partial charge in [0.1, 0.15) is 5.60 Å². The van der Waals surface area contributed by atoms with Crippen LogP contribution in [0.2, 0.25) is 5.02 Å². The molecule has 5 heteroatoms. The summed E-state index contributed by atoms with van der Waals surface area (Å²) in [5.41, 5.74) is 1.74. The second-order valence-electron chi connectivity index (χ2n) is 7.30. The van der Waals surface area contributed by atoms with Gasteiger partial charge in [-0.1, -0.05) is 11.6 Å². The van der Waals surface area contributed by atoms with Gasteiger partial charge < -0.3 is 15.4 Å². The van der Waals surface area contributed by atoms with Crippen LogP contribution in [0.5, 0.6) is 0 Å². The highest BCUT2D eigenvalue weighted by Crippen LogP contribution is 2.25. The Kier molecular flexibility index (Phi) is 5.79. The average molecular weight is 339 g/mol. The van der Waals surface area contributed by atoms with Crippen molar-refractivity contribution in [2.45, 2.75) is 71.1 Å². The number of nitrogens with one attached hydrogen (secondary N) is 2. The summed E-state index contributed by atoms with van der Waals surface area (Å²) in [7, 11) is 0. The van der Waals surface area contributed by atoms with E-state index in [2.05, 4.69) is 16.7 Å².